The topological polar surface area (TPSA) is 48.5 Å². The molecule has 8 radical (unpaired) electrons. The molecule has 3 heterocycles. The Bertz CT molecular complexity index is 3870. The third-order valence-electron chi connectivity index (χ3n) is 13.1. The number of para-hydroxylation sites is 2. The molecule has 0 bridgehead atoms. The molecule has 0 amide bonds. The quantitative estimate of drug-likeness (QED) is 0.150. The Morgan fingerprint density at radius 3 is 1.40 bits per heavy atom. The molecule has 9 aromatic carbocycles. The predicted octanol–water partition coefficient (Wildman–Crippen LogP) is 9.88. The second kappa shape index (κ2) is 16.1. The van der Waals surface area contributed by atoms with Crippen LogP contribution < -0.4 is 21.9 Å². The summed E-state index contributed by atoms with van der Waals surface area (Å²) in [6.45, 7) is 1.88. The standard InChI is InChI=1S/C58H35B4N5/c1-34-50(59)49(52(61)53(62)51(34)60)45-30-29-40(36-17-7-3-8-18-36)33-48(45)66-46-23-13-11-21-41(46)43-31-32-44-42-22-12-14-24-47(42)67(55(44)54(43)66)58-64-56(38-19-9-4-10-20-38)63-57(65-58)39-27-25-37(26-28-39)35-15-5-2-6-16-35/h2-33H,1H3. The van der Waals surface area contributed by atoms with E-state index in [0.717, 1.165) is 88.2 Å². The van der Waals surface area contributed by atoms with Crippen molar-refractivity contribution in [3.8, 4) is 67.8 Å². The molecule has 0 N–H and O–H groups in total. The summed E-state index contributed by atoms with van der Waals surface area (Å²) in [5, 5.41) is 4.21. The molecule has 0 atom stereocenters. The van der Waals surface area contributed by atoms with Gasteiger partial charge >= 0.3 is 0 Å². The van der Waals surface area contributed by atoms with Crippen molar-refractivity contribution in [3.05, 3.63) is 200 Å². The van der Waals surface area contributed by atoms with E-state index in [2.05, 4.69) is 161 Å². The van der Waals surface area contributed by atoms with Gasteiger partial charge in [-0.15, -0.1) is 10.9 Å². The zero-order valence-electron chi connectivity index (χ0n) is 36.5. The molecule has 0 fully saturated rings. The number of hydrogen-bond acceptors (Lipinski definition) is 3. The lowest BCUT2D eigenvalue weighted by atomic mass is 9.63. The molecular formula is C58H35B4N5. The lowest BCUT2D eigenvalue weighted by Crippen LogP contribution is -2.46. The first-order chi connectivity index (χ1) is 32.8. The molecule has 9 heteroatoms. The zero-order valence-corrected chi connectivity index (χ0v) is 36.5. The first-order valence-corrected chi connectivity index (χ1v) is 22.2. The van der Waals surface area contributed by atoms with Gasteiger partial charge in [-0.1, -0.05) is 192 Å². The van der Waals surface area contributed by atoms with Crippen LogP contribution in [0.4, 0.5) is 0 Å². The fourth-order valence-corrected chi connectivity index (χ4v) is 9.70. The van der Waals surface area contributed by atoms with E-state index >= 15 is 0 Å². The van der Waals surface area contributed by atoms with Crippen molar-refractivity contribution in [1.82, 2.24) is 24.1 Å². The molecule has 0 aliphatic heterocycles. The van der Waals surface area contributed by atoms with E-state index in [1.54, 1.807) is 0 Å². The van der Waals surface area contributed by atoms with Gasteiger partial charge in [-0.25, -0.2) is 4.98 Å². The summed E-state index contributed by atoms with van der Waals surface area (Å²) >= 11 is 0. The van der Waals surface area contributed by atoms with E-state index < -0.39 is 0 Å². The number of aromatic nitrogens is 5. The molecule has 0 saturated heterocycles. The smallest absolute Gasteiger partial charge is 0.238 e. The van der Waals surface area contributed by atoms with Gasteiger partial charge in [-0.05, 0) is 52.9 Å². The molecule has 0 unspecified atom stereocenters. The van der Waals surface area contributed by atoms with Gasteiger partial charge in [0, 0.05) is 38.2 Å². The summed E-state index contributed by atoms with van der Waals surface area (Å²) in [5.74, 6) is 1.61. The molecule has 67 heavy (non-hydrogen) atoms. The normalized spacial score (nSPS) is 11.6. The van der Waals surface area contributed by atoms with Crippen molar-refractivity contribution >= 4 is 96.8 Å². The molecule has 3 aromatic heterocycles. The van der Waals surface area contributed by atoms with Crippen molar-refractivity contribution < 1.29 is 0 Å². The Kier molecular flexibility index (Phi) is 9.68. The maximum atomic E-state index is 7.03. The molecule has 0 saturated carbocycles. The van der Waals surface area contributed by atoms with Crippen molar-refractivity contribution in [3.63, 3.8) is 0 Å². The summed E-state index contributed by atoms with van der Waals surface area (Å²) in [6, 6.07) is 67.0. The largest absolute Gasteiger partial charge is 0.307 e. The molecule has 5 nitrogen and oxygen atoms in total. The summed E-state index contributed by atoms with van der Waals surface area (Å²) in [6.07, 6.45) is 0. The Hall–Kier alpha value is -8.15. The van der Waals surface area contributed by atoms with Gasteiger partial charge in [-0.2, -0.15) is 9.97 Å². The van der Waals surface area contributed by atoms with Gasteiger partial charge in [0.25, 0.3) is 0 Å². The van der Waals surface area contributed by atoms with E-state index in [1.165, 1.54) is 0 Å². The molecule has 304 valence electrons. The predicted molar refractivity (Wildman–Crippen MR) is 282 cm³/mol. The molecule has 12 rings (SSSR count). The maximum absolute atomic E-state index is 7.03. The van der Waals surface area contributed by atoms with Crippen LogP contribution in [0, 0.1) is 6.92 Å². The third-order valence-corrected chi connectivity index (χ3v) is 13.1. The Labute approximate surface area is 393 Å². The average molecular weight is 845 g/mol. The maximum Gasteiger partial charge on any atom is 0.238 e. The van der Waals surface area contributed by atoms with Crippen molar-refractivity contribution in [2.24, 2.45) is 0 Å². The van der Waals surface area contributed by atoms with Crippen molar-refractivity contribution in [2.75, 3.05) is 0 Å². The minimum absolute atomic E-state index is 0.305. The number of fused-ring (bicyclic) bond motifs is 7. The van der Waals surface area contributed by atoms with Gasteiger partial charge in [-0.3, -0.25) is 4.57 Å². The second-order valence-corrected chi connectivity index (χ2v) is 16.9. The Morgan fingerprint density at radius 2 is 0.806 bits per heavy atom. The first-order valence-electron chi connectivity index (χ1n) is 22.2. The van der Waals surface area contributed by atoms with Crippen LogP contribution in [0.1, 0.15) is 5.56 Å². The number of nitrogens with zero attached hydrogens (tertiary/aromatic N) is 5. The van der Waals surface area contributed by atoms with Crippen LogP contribution in [0.2, 0.25) is 0 Å². The summed E-state index contributed by atoms with van der Waals surface area (Å²) < 4.78 is 4.54. The highest BCUT2D eigenvalue weighted by Crippen LogP contribution is 2.43. The van der Waals surface area contributed by atoms with Crippen LogP contribution in [-0.2, 0) is 0 Å². The van der Waals surface area contributed by atoms with Crippen molar-refractivity contribution in [1.29, 1.82) is 0 Å². The molecule has 0 spiro atoms. The first kappa shape index (κ1) is 40.4. The highest BCUT2D eigenvalue weighted by molar-refractivity contribution is 6.61. The lowest BCUT2D eigenvalue weighted by molar-refractivity contribution is 0.953. The van der Waals surface area contributed by atoms with Crippen LogP contribution >= 0.6 is 0 Å². The number of benzene rings is 9. The number of rotatable bonds is 7. The van der Waals surface area contributed by atoms with Gasteiger partial charge in [0.1, 0.15) is 31.4 Å². The minimum atomic E-state index is 0.305. The zero-order chi connectivity index (χ0) is 45.3. The molecule has 12 aromatic rings. The lowest BCUT2D eigenvalue weighted by Gasteiger charge is -2.24. The summed E-state index contributed by atoms with van der Waals surface area (Å²) in [4.78, 5) is 15.9. The van der Waals surface area contributed by atoms with Gasteiger partial charge < -0.3 is 4.57 Å². The van der Waals surface area contributed by atoms with Crippen molar-refractivity contribution in [2.45, 2.75) is 6.92 Å². The van der Waals surface area contributed by atoms with E-state index in [9.17, 15) is 0 Å². The average Bonchev–Trinajstić information content (AvgIpc) is 3.91. The third kappa shape index (κ3) is 6.56. The number of hydrogen-bond donors (Lipinski definition) is 0. The van der Waals surface area contributed by atoms with Gasteiger partial charge in [0.2, 0.25) is 5.95 Å². The highest BCUT2D eigenvalue weighted by Gasteiger charge is 2.26. The van der Waals surface area contributed by atoms with Gasteiger partial charge in [0.05, 0.1) is 27.8 Å². The van der Waals surface area contributed by atoms with E-state index in [0.29, 0.717) is 50.6 Å². The second-order valence-electron chi connectivity index (χ2n) is 16.9. The monoisotopic (exact) mass is 845 g/mol. The Balaban J connectivity index is 1.21. The van der Waals surface area contributed by atoms with E-state index in [1.807, 2.05) is 49.4 Å². The van der Waals surface area contributed by atoms with Crippen LogP contribution in [0.25, 0.3) is 111 Å². The summed E-state index contributed by atoms with van der Waals surface area (Å²) in [5.41, 5.74) is 14.4. The van der Waals surface area contributed by atoms with Crippen LogP contribution in [0.3, 0.4) is 0 Å². The van der Waals surface area contributed by atoms with Crippen LogP contribution in [0.5, 0.6) is 0 Å². The van der Waals surface area contributed by atoms with Gasteiger partial charge in [0.15, 0.2) is 11.6 Å². The molecule has 0 aliphatic rings. The minimum Gasteiger partial charge on any atom is -0.307 e. The van der Waals surface area contributed by atoms with Crippen LogP contribution in [0.15, 0.2) is 194 Å². The SMILES string of the molecule is [B]c1c([B])c(C)c([B])c(-c2ccc(-c3ccccc3)cc2-n2c3ccccc3c3ccc4c5ccccc5n(-c5nc(-c6ccccc6)nc(-c6ccc(-c7ccccc7)cc6)n5)c4c32)c1[B]. The van der Waals surface area contributed by atoms with E-state index in [4.69, 9.17) is 46.3 Å². The highest BCUT2D eigenvalue weighted by atomic mass is 15.2. The molecular weight excluding hydrogens is 810 g/mol. The fourth-order valence-electron chi connectivity index (χ4n) is 9.70. The fraction of sp³-hybridized carbons (Fsp3) is 0.0172. The Morgan fingerprint density at radius 1 is 0.358 bits per heavy atom. The van der Waals surface area contributed by atoms with E-state index in [-0.39, 0.29) is 0 Å². The molecule has 0 aliphatic carbocycles. The summed E-state index contributed by atoms with van der Waals surface area (Å²) in [7, 11) is 27.2. The van der Waals surface area contributed by atoms with Crippen LogP contribution in [-0.4, -0.2) is 55.5 Å².